The zero-order chi connectivity index (χ0) is 14.5. The molecule has 0 amide bonds. The van der Waals surface area contributed by atoms with E-state index >= 15 is 0 Å². The van der Waals surface area contributed by atoms with Gasteiger partial charge in [-0.05, 0) is 25.1 Å². The van der Waals surface area contributed by atoms with Crippen LogP contribution in [0.25, 0.3) is 0 Å². The van der Waals surface area contributed by atoms with Gasteiger partial charge in [-0.2, -0.15) is 0 Å². The summed E-state index contributed by atoms with van der Waals surface area (Å²) in [6, 6.07) is 15.6. The highest BCUT2D eigenvalue weighted by Gasteiger charge is 2.12. The van der Waals surface area contributed by atoms with Crippen molar-refractivity contribution in [3.8, 4) is 5.75 Å². The molecule has 0 saturated carbocycles. The second-order valence-corrected chi connectivity index (χ2v) is 4.74. The van der Waals surface area contributed by atoms with E-state index in [1.54, 1.807) is 14.0 Å². The van der Waals surface area contributed by atoms with E-state index in [0.29, 0.717) is 6.54 Å². The van der Waals surface area contributed by atoms with Gasteiger partial charge in [0, 0.05) is 30.4 Å². The van der Waals surface area contributed by atoms with Crippen LogP contribution in [0.3, 0.4) is 0 Å². The number of hydrogen-bond acceptors (Lipinski definition) is 3. The fourth-order valence-corrected chi connectivity index (χ4v) is 2.28. The van der Waals surface area contributed by atoms with Gasteiger partial charge in [0.05, 0.1) is 7.11 Å². The van der Waals surface area contributed by atoms with Crippen molar-refractivity contribution >= 4 is 11.5 Å². The van der Waals surface area contributed by atoms with Gasteiger partial charge in [0.25, 0.3) is 0 Å². The average Bonchev–Trinajstić information content (AvgIpc) is 2.47. The Morgan fingerprint density at radius 1 is 1.10 bits per heavy atom. The first-order valence-electron chi connectivity index (χ1n) is 6.56. The van der Waals surface area contributed by atoms with Crippen LogP contribution in [0.4, 0.5) is 5.69 Å². The molecular formula is C17H19NO2. The molecule has 2 aromatic rings. The topological polar surface area (TPSA) is 29.5 Å². The molecule has 0 atom stereocenters. The number of para-hydroxylation sites is 2. The van der Waals surface area contributed by atoms with Gasteiger partial charge in [-0.25, -0.2) is 0 Å². The van der Waals surface area contributed by atoms with Crippen LogP contribution in [0.2, 0.25) is 0 Å². The molecule has 104 valence electrons. The first kappa shape index (κ1) is 14.1. The zero-order valence-electron chi connectivity index (χ0n) is 12.1. The minimum absolute atomic E-state index is 0.0764. The number of Topliss-reactive ketones (excluding diaryl/α,β-unsaturated/α-hetero) is 1. The van der Waals surface area contributed by atoms with Crippen molar-refractivity contribution in [1.29, 1.82) is 0 Å². The lowest BCUT2D eigenvalue weighted by Gasteiger charge is -2.22. The molecule has 2 rings (SSSR count). The maximum atomic E-state index is 11.7. The summed E-state index contributed by atoms with van der Waals surface area (Å²) in [7, 11) is 3.65. The number of anilines is 1. The molecule has 0 aliphatic rings. The van der Waals surface area contributed by atoms with Gasteiger partial charge in [0.15, 0.2) is 5.78 Å². The van der Waals surface area contributed by atoms with Crippen LogP contribution in [-0.2, 0) is 6.54 Å². The summed E-state index contributed by atoms with van der Waals surface area (Å²) < 4.78 is 5.37. The molecule has 0 radical (unpaired) electrons. The van der Waals surface area contributed by atoms with Crippen LogP contribution in [-0.4, -0.2) is 19.9 Å². The Hall–Kier alpha value is -2.29. The van der Waals surface area contributed by atoms with Gasteiger partial charge in [-0.15, -0.1) is 0 Å². The first-order valence-corrected chi connectivity index (χ1v) is 6.56. The summed E-state index contributed by atoms with van der Waals surface area (Å²) in [5, 5.41) is 0. The lowest BCUT2D eigenvalue weighted by atomic mass is 10.1. The van der Waals surface area contributed by atoms with Crippen LogP contribution in [0.5, 0.6) is 5.75 Å². The van der Waals surface area contributed by atoms with Gasteiger partial charge in [0.2, 0.25) is 0 Å². The number of benzene rings is 2. The largest absolute Gasteiger partial charge is 0.496 e. The third-order valence-electron chi connectivity index (χ3n) is 3.29. The number of ketones is 1. The van der Waals surface area contributed by atoms with E-state index in [1.807, 2.05) is 55.6 Å². The molecule has 0 fully saturated rings. The molecule has 3 nitrogen and oxygen atoms in total. The van der Waals surface area contributed by atoms with Crippen molar-refractivity contribution in [2.45, 2.75) is 13.5 Å². The number of hydrogen-bond donors (Lipinski definition) is 0. The van der Waals surface area contributed by atoms with Gasteiger partial charge in [0.1, 0.15) is 5.75 Å². The number of carbonyl (C=O) groups excluding carboxylic acids is 1. The predicted molar refractivity (Wildman–Crippen MR) is 81.5 cm³/mol. The van der Waals surface area contributed by atoms with Crippen molar-refractivity contribution in [3.05, 3.63) is 59.7 Å². The van der Waals surface area contributed by atoms with Crippen LogP contribution in [0.1, 0.15) is 22.8 Å². The monoisotopic (exact) mass is 269 g/mol. The number of ether oxygens (including phenoxy) is 1. The van der Waals surface area contributed by atoms with Gasteiger partial charge in [-0.3, -0.25) is 4.79 Å². The lowest BCUT2D eigenvalue weighted by molar-refractivity contribution is 0.101. The molecule has 0 aliphatic heterocycles. The molecule has 0 N–H and O–H groups in total. The van der Waals surface area contributed by atoms with Crippen LogP contribution in [0, 0.1) is 0 Å². The normalized spacial score (nSPS) is 10.2. The SMILES string of the molecule is COc1ccccc1CN(C)c1ccccc1C(C)=O. The Bertz CT molecular complexity index is 607. The highest BCUT2D eigenvalue weighted by molar-refractivity contribution is 5.99. The molecular weight excluding hydrogens is 250 g/mol. The second kappa shape index (κ2) is 6.24. The van der Waals surface area contributed by atoms with E-state index in [9.17, 15) is 4.79 Å². The Morgan fingerprint density at radius 2 is 1.75 bits per heavy atom. The van der Waals surface area contributed by atoms with Gasteiger partial charge >= 0.3 is 0 Å². The minimum Gasteiger partial charge on any atom is -0.496 e. The summed E-state index contributed by atoms with van der Waals surface area (Å²) in [6.07, 6.45) is 0. The van der Waals surface area contributed by atoms with E-state index in [0.717, 1.165) is 22.6 Å². The van der Waals surface area contributed by atoms with Crippen molar-refractivity contribution in [3.63, 3.8) is 0 Å². The molecule has 0 bridgehead atoms. The molecule has 0 unspecified atom stereocenters. The van der Waals surface area contributed by atoms with Crippen molar-refractivity contribution in [2.24, 2.45) is 0 Å². The third kappa shape index (κ3) is 2.99. The van der Waals surface area contributed by atoms with E-state index in [2.05, 4.69) is 4.90 Å². The predicted octanol–water partition coefficient (Wildman–Crippen LogP) is 3.53. The number of methoxy groups -OCH3 is 1. The van der Waals surface area contributed by atoms with Crippen LogP contribution >= 0.6 is 0 Å². The Morgan fingerprint density at radius 3 is 2.45 bits per heavy atom. The maximum Gasteiger partial charge on any atom is 0.161 e. The highest BCUT2D eigenvalue weighted by atomic mass is 16.5. The molecule has 3 heteroatoms. The Kier molecular flexibility index (Phi) is 4.41. The minimum atomic E-state index is 0.0764. The molecule has 2 aromatic carbocycles. The zero-order valence-corrected chi connectivity index (χ0v) is 12.1. The average molecular weight is 269 g/mol. The standard InChI is InChI=1S/C17H19NO2/c1-13(19)15-9-5-6-10-16(15)18(2)12-14-8-4-7-11-17(14)20-3/h4-11H,12H2,1-3H3. The highest BCUT2D eigenvalue weighted by Crippen LogP contribution is 2.24. The number of rotatable bonds is 5. The van der Waals surface area contributed by atoms with Gasteiger partial charge in [-0.1, -0.05) is 30.3 Å². The summed E-state index contributed by atoms with van der Waals surface area (Å²) in [5.41, 5.74) is 2.77. The Balaban J connectivity index is 2.29. The lowest BCUT2D eigenvalue weighted by Crippen LogP contribution is -2.19. The molecule has 20 heavy (non-hydrogen) atoms. The van der Waals surface area contributed by atoms with E-state index in [-0.39, 0.29) is 5.78 Å². The summed E-state index contributed by atoms with van der Waals surface area (Å²) in [6.45, 7) is 2.28. The van der Waals surface area contributed by atoms with Crippen LogP contribution < -0.4 is 9.64 Å². The molecule has 0 aromatic heterocycles. The molecule has 0 heterocycles. The summed E-state index contributed by atoms with van der Waals surface area (Å²) >= 11 is 0. The maximum absolute atomic E-state index is 11.7. The summed E-state index contributed by atoms with van der Waals surface area (Å²) in [5.74, 6) is 0.937. The number of carbonyl (C=O) groups is 1. The first-order chi connectivity index (χ1) is 9.63. The van der Waals surface area contributed by atoms with Crippen LogP contribution in [0.15, 0.2) is 48.5 Å². The molecule has 0 aliphatic carbocycles. The van der Waals surface area contributed by atoms with E-state index < -0.39 is 0 Å². The number of nitrogens with zero attached hydrogens (tertiary/aromatic N) is 1. The third-order valence-corrected chi connectivity index (χ3v) is 3.29. The molecule has 0 spiro atoms. The van der Waals surface area contributed by atoms with Crippen molar-refractivity contribution in [2.75, 3.05) is 19.1 Å². The Labute approximate surface area is 119 Å². The summed E-state index contributed by atoms with van der Waals surface area (Å²) in [4.78, 5) is 13.8. The van der Waals surface area contributed by atoms with Gasteiger partial charge < -0.3 is 9.64 Å². The van der Waals surface area contributed by atoms with Crippen molar-refractivity contribution < 1.29 is 9.53 Å². The second-order valence-electron chi connectivity index (χ2n) is 4.74. The quantitative estimate of drug-likeness (QED) is 0.778. The smallest absolute Gasteiger partial charge is 0.161 e. The van der Waals surface area contributed by atoms with E-state index in [1.165, 1.54) is 0 Å². The van der Waals surface area contributed by atoms with E-state index in [4.69, 9.17) is 4.74 Å². The molecule has 0 saturated heterocycles. The fourth-order valence-electron chi connectivity index (χ4n) is 2.28. The van der Waals surface area contributed by atoms with Crippen molar-refractivity contribution in [1.82, 2.24) is 0 Å². The fraction of sp³-hybridized carbons (Fsp3) is 0.235.